The Morgan fingerprint density at radius 3 is 2.36 bits per heavy atom. The lowest BCUT2D eigenvalue weighted by Gasteiger charge is -2.33. The summed E-state index contributed by atoms with van der Waals surface area (Å²) in [6.07, 6.45) is 2.92. The number of pyridine rings is 1. The molecular formula is C25H29Cl3N4S. The summed E-state index contributed by atoms with van der Waals surface area (Å²) in [7, 11) is 0. The van der Waals surface area contributed by atoms with E-state index in [0.717, 1.165) is 30.2 Å². The maximum Gasteiger partial charge on any atom is 0.147 e. The van der Waals surface area contributed by atoms with Crippen molar-refractivity contribution in [1.29, 1.82) is 0 Å². The predicted molar refractivity (Wildman–Crippen MR) is 128 cm³/mol. The van der Waals surface area contributed by atoms with Crippen molar-refractivity contribution in [2.75, 3.05) is 44.2 Å². The summed E-state index contributed by atoms with van der Waals surface area (Å²) >= 11 is 7.99. The van der Waals surface area contributed by atoms with E-state index in [1.807, 2.05) is 6.07 Å². The number of quaternary nitrogens is 2. The molecule has 0 unspecified atom stereocenters. The predicted octanol–water partition coefficient (Wildman–Crippen LogP) is -3.28. The topological polar surface area (TPSA) is 25.0 Å². The van der Waals surface area contributed by atoms with Crippen LogP contribution >= 0.6 is 23.4 Å². The number of hydrogen-bond donors (Lipinski definition) is 2. The zero-order chi connectivity index (χ0) is 21.0. The fraction of sp³-hybridized carbons (Fsp3) is 0.320. The Morgan fingerprint density at radius 2 is 1.58 bits per heavy atom. The summed E-state index contributed by atoms with van der Waals surface area (Å²) in [4.78, 5) is 12.9. The van der Waals surface area contributed by atoms with Crippen molar-refractivity contribution in [2.45, 2.75) is 22.8 Å². The van der Waals surface area contributed by atoms with Gasteiger partial charge in [-0.05, 0) is 18.2 Å². The second-order valence-corrected chi connectivity index (χ2v) is 9.98. The summed E-state index contributed by atoms with van der Waals surface area (Å²) in [5.41, 5.74) is 2.72. The van der Waals surface area contributed by atoms with Crippen LogP contribution in [0.25, 0.3) is 0 Å². The van der Waals surface area contributed by atoms with Gasteiger partial charge >= 0.3 is 0 Å². The Kier molecular flexibility index (Phi) is 9.74. The van der Waals surface area contributed by atoms with E-state index >= 15 is 0 Å². The molecule has 1 saturated heterocycles. The summed E-state index contributed by atoms with van der Waals surface area (Å²) in [5, 5.41) is 0.700. The Hall–Kier alpha value is -1.47. The third-order valence-corrected chi connectivity index (χ3v) is 7.60. The highest BCUT2D eigenvalue weighted by Gasteiger charge is 2.26. The fourth-order valence-electron chi connectivity index (χ4n) is 4.67. The van der Waals surface area contributed by atoms with Crippen LogP contribution in [0.4, 0.5) is 11.5 Å². The van der Waals surface area contributed by atoms with Gasteiger partial charge < -0.3 is 39.5 Å². The number of fused-ring (bicyclic) bond motifs is 2. The molecule has 3 heterocycles. The highest BCUT2D eigenvalue weighted by molar-refractivity contribution is 7.99. The van der Waals surface area contributed by atoms with Gasteiger partial charge in [-0.2, -0.15) is 0 Å². The minimum absolute atomic E-state index is 0. The van der Waals surface area contributed by atoms with Gasteiger partial charge in [-0.1, -0.05) is 65.8 Å². The Morgan fingerprint density at radius 1 is 0.879 bits per heavy atom. The monoisotopic (exact) mass is 522 g/mol. The van der Waals surface area contributed by atoms with Crippen LogP contribution in [-0.2, 0) is 6.54 Å². The molecule has 33 heavy (non-hydrogen) atoms. The first-order valence-electron chi connectivity index (χ1n) is 11.2. The van der Waals surface area contributed by atoms with E-state index in [4.69, 9.17) is 11.6 Å². The first kappa shape index (κ1) is 26.1. The molecule has 8 heteroatoms. The van der Waals surface area contributed by atoms with Crippen molar-refractivity contribution in [3.05, 3.63) is 77.4 Å². The lowest BCUT2D eigenvalue weighted by Crippen LogP contribution is -3.27. The summed E-state index contributed by atoms with van der Waals surface area (Å²) in [6, 6.07) is 21.6. The highest BCUT2D eigenvalue weighted by atomic mass is 35.5. The molecule has 1 aromatic heterocycles. The molecule has 5 rings (SSSR count). The molecular weight excluding hydrogens is 495 g/mol. The Labute approximate surface area is 218 Å². The summed E-state index contributed by atoms with van der Waals surface area (Å²) in [5.74, 6) is 1.04. The first-order chi connectivity index (χ1) is 15.3. The number of piperazine rings is 1. The molecule has 0 amide bonds. The van der Waals surface area contributed by atoms with Gasteiger partial charge in [0.1, 0.15) is 38.5 Å². The third-order valence-electron chi connectivity index (χ3n) is 6.30. The molecule has 0 atom stereocenters. The van der Waals surface area contributed by atoms with Crippen LogP contribution in [0.2, 0.25) is 5.02 Å². The Balaban J connectivity index is 0.00000153. The smallest absolute Gasteiger partial charge is 0.147 e. The van der Waals surface area contributed by atoms with Crippen molar-refractivity contribution in [3.8, 4) is 0 Å². The third kappa shape index (κ3) is 6.36. The zero-order valence-corrected chi connectivity index (χ0v) is 21.5. The number of rotatable bonds is 6. The van der Waals surface area contributed by atoms with E-state index in [-0.39, 0.29) is 24.8 Å². The summed E-state index contributed by atoms with van der Waals surface area (Å²) < 4.78 is 0. The minimum Gasteiger partial charge on any atom is -1.00 e. The van der Waals surface area contributed by atoms with Gasteiger partial charge in [0.2, 0.25) is 0 Å². The fourth-order valence-corrected chi connectivity index (χ4v) is 6.00. The van der Waals surface area contributed by atoms with E-state index in [0.29, 0.717) is 5.02 Å². The molecule has 0 saturated carbocycles. The van der Waals surface area contributed by atoms with Gasteiger partial charge in [0.05, 0.1) is 22.2 Å². The van der Waals surface area contributed by atoms with Gasteiger partial charge in [-0.3, -0.25) is 0 Å². The zero-order valence-electron chi connectivity index (χ0n) is 18.4. The number of nitrogens with one attached hydrogen (secondary N) is 2. The highest BCUT2D eigenvalue weighted by Crippen LogP contribution is 2.47. The van der Waals surface area contributed by atoms with Crippen LogP contribution in [0.5, 0.6) is 0 Å². The Bertz CT molecular complexity index is 1030. The van der Waals surface area contributed by atoms with Crippen LogP contribution < -0.4 is 39.5 Å². The maximum absolute atomic E-state index is 6.22. The number of nitrogens with zero attached hydrogens (tertiary/aromatic N) is 2. The van der Waals surface area contributed by atoms with Gasteiger partial charge in [-0.25, -0.2) is 4.98 Å². The quantitative estimate of drug-likeness (QED) is 0.355. The second kappa shape index (κ2) is 12.3. The lowest BCUT2D eigenvalue weighted by molar-refractivity contribution is -1.02. The average molecular weight is 524 g/mol. The molecule has 2 aromatic carbocycles. The van der Waals surface area contributed by atoms with Crippen LogP contribution in [0.15, 0.2) is 76.7 Å². The van der Waals surface area contributed by atoms with E-state index in [2.05, 4.69) is 64.5 Å². The molecule has 2 aliphatic heterocycles. The van der Waals surface area contributed by atoms with Gasteiger partial charge in [-0.15, -0.1) is 0 Å². The number of aromatic nitrogens is 1. The number of hydrogen-bond acceptors (Lipinski definition) is 3. The van der Waals surface area contributed by atoms with Crippen LogP contribution in [0.3, 0.4) is 0 Å². The standard InChI is InChI=1S/C25H27ClN4S.2ClH/c26-21-17-24-25(27-18-21)30(22-9-4-5-10-23(22)31-24)12-6-11-28-13-15-29(16-14-28)19-20-7-2-1-3-8-20;;/h1-5,7-10,17-18H,6,11-16,19H2;2*1H. The van der Waals surface area contributed by atoms with Crippen molar-refractivity contribution in [1.82, 2.24) is 4.98 Å². The molecule has 1 fully saturated rings. The molecule has 0 spiro atoms. The molecule has 2 aliphatic rings. The van der Waals surface area contributed by atoms with Gasteiger partial charge in [0, 0.05) is 29.6 Å². The van der Waals surface area contributed by atoms with Crippen LogP contribution in [0, 0.1) is 0 Å². The molecule has 3 aromatic rings. The molecule has 4 nitrogen and oxygen atoms in total. The SMILES string of the molecule is Clc1cnc2c(c1)Sc1ccccc1N2CCC[NH+]1CC[NH+](Cc2ccccc2)CC1.[Cl-].[Cl-]. The molecule has 0 aliphatic carbocycles. The molecule has 176 valence electrons. The van der Waals surface area contributed by atoms with Crippen molar-refractivity contribution in [3.63, 3.8) is 0 Å². The number of benzene rings is 2. The van der Waals surface area contributed by atoms with Crippen molar-refractivity contribution < 1.29 is 34.6 Å². The van der Waals surface area contributed by atoms with E-state index < -0.39 is 0 Å². The molecule has 0 bridgehead atoms. The van der Waals surface area contributed by atoms with Crippen LogP contribution in [-0.4, -0.2) is 44.3 Å². The first-order valence-corrected chi connectivity index (χ1v) is 12.4. The largest absolute Gasteiger partial charge is 1.00 e. The van der Waals surface area contributed by atoms with E-state index in [9.17, 15) is 0 Å². The van der Waals surface area contributed by atoms with E-state index in [1.165, 1.54) is 48.9 Å². The maximum atomic E-state index is 6.22. The van der Waals surface area contributed by atoms with E-state index in [1.54, 1.807) is 27.8 Å². The second-order valence-electron chi connectivity index (χ2n) is 8.46. The average Bonchev–Trinajstić information content (AvgIpc) is 2.80. The van der Waals surface area contributed by atoms with Crippen molar-refractivity contribution >= 4 is 34.9 Å². The van der Waals surface area contributed by atoms with Gasteiger partial charge in [0.25, 0.3) is 0 Å². The molecule has 0 radical (unpaired) electrons. The lowest BCUT2D eigenvalue weighted by atomic mass is 10.2. The normalized spacial score (nSPS) is 19.0. The number of halogens is 3. The van der Waals surface area contributed by atoms with Crippen LogP contribution in [0.1, 0.15) is 12.0 Å². The molecule has 2 N–H and O–H groups in total. The summed E-state index contributed by atoms with van der Waals surface area (Å²) in [6.45, 7) is 8.41. The van der Waals surface area contributed by atoms with Crippen molar-refractivity contribution in [2.24, 2.45) is 0 Å². The minimum atomic E-state index is 0. The number of para-hydroxylation sites is 1. The number of anilines is 2. The van der Waals surface area contributed by atoms with Gasteiger partial charge in [0.15, 0.2) is 0 Å².